The van der Waals surface area contributed by atoms with Crippen molar-refractivity contribution in [1.29, 1.82) is 0 Å². The number of hydrogen-bond donors (Lipinski definition) is 1. The third kappa shape index (κ3) is 2.83. The monoisotopic (exact) mass is 301 g/mol. The van der Waals surface area contributed by atoms with Gasteiger partial charge in [-0.1, -0.05) is 0 Å². The Morgan fingerprint density at radius 1 is 0.895 bits per heavy atom. The molecular formula is C10H9Cl2N5O2. The van der Waals surface area contributed by atoms with Crippen LogP contribution in [0.1, 0.15) is 0 Å². The number of nitrogen functional groups attached to an aromatic ring is 1. The van der Waals surface area contributed by atoms with Crippen molar-refractivity contribution in [2.75, 3.05) is 5.73 Å². The van der Waals surface area contributed by atoms with Crippen LogP contribution in [0.25, 0.3) is 22.6 Å². The zero-order valence-corrected chi connectivity index (χ0v) is 11.0. The van der Waals surface area contributed by atoms with Gasteiger partial charge in [-0.25, -0.2) is 0 Å². The summed E-state index contributed by atoms with van der Waals surface area (Å²) >= 11 is 0. The molecule has 0 atom stereocenters. The fraction of sp³-hybridized carbons (Fsp3) is 0. The van der Waals surface area contributed by atoms with Crippen LogP contribution in [-0.2, 0) is 0 Å². The summed E-state index contributed by atoms with van der Waals surface area (Å²) in [6.07, 6.45) is 3.02. The van der Waals surface area contributed by atoms with Gasteiger partial charge in [0.15, 0.2) is 11.5 Å². The Bertz CT molecular complexity index is 627. The van der Waals surface area contributed by atoms with Crippen LogP contribution in [0.3, 0.4) is 0 Å². The Hall–Kier alpha value is -2.12. The van der Waals surface area contributed by atoms with E-state index in [1.807, 2.05) is 6.07 Å². The molecule has 1 aromatic carbocycles. The zero-order chi connectivity index (χ0) is 11.7. The molecule has 19 heavy (non-hydrogen) atoms. The number of benzene rings is 1. The predicted molar refractivity (Wildman–Crippen MR) is 71.9 cm³/mol. The summed E-state index contributed by atoms with van der Waals surface area (Å²) in [4.78, 5) is 0. The maximum absolute atomic E-state index is 5.86. The molecule has 9 heteroatoms. The molecule has 0 unspecified atom stereocenters. The van der Waals surface area contributed by atoms with Crippen molar-refractivity contribution in [1.82, 2.24) is 20.7 Å². The molecule has 100 valence electrons. The van der Waals surface area contributed by atoms with Crippen molar-refractivity contribution in [2.24, 2.45) is 0 Å². The van der Waals surface area contributed by atoms with Crippen molar-refractivity contribution in [3.63, 3.8) is 0 Å². The van der Waals surface area contributed by atoms with Gasteiger partial charge in [-0.05, 0) is 18.2 Å². The van der Waals surface area contributed by atoms with E-state index in [4.69, 9.17) is 14.8 Å². The summed E-state index contributed by atoms with van der Waals surface area (Å²) in [5.74, 6) is 1.05. The Kier molecular flexibility index (Phi) is 4.85. The first-order valence-corrected chi connectivity index (χ1v) is 4.79. The summed E-state index contributed by atoms with van der Waals surface area (Å²) in [5, 5.41) is 14.0. The Morgan fingerprint density at radius 2 is 1.53 bits per heavy atom. The molecule has 0 amide bonds. The SMILES string of the molecule is Cl.Cl.Nc1ccc(-c2cnno2)cc1-c1cnno1. The average molecular weight is 302 g/mol. The summed E-state index contributed by atoms with van der Waals surface area (Å²) < 4.78 is 9.94. The van der Waals surface area contributed by atoms with Crippen LogP contribution in [0.5, 0.6) is 0 Å². The fourth-order valence-corrected chi connectivity index (χ4v) is 1.50. The molecule has 0 aliphatic carbocycles. The fourth-order valence-electron chi connectivity index (χ4n) is 1.50. The molecule has 3 rings (SSSR count). The van der Waals surface area contributed by atoms with E-state index in [2.05, 4.69) is 20.7 Å². The molecule has 0 fully saturated rings. The lowest BCUT2D eigenvalue weighted by molar-refractivity contribution is 0.402. The first-order valence-electron chi connectivity index (χ1n) is 4.79. The van der Waals surface area contributed by atoms with Gasteiger partial charge in [0.1, 0.15) is 0 Å². The van der Waals surface area contributed by atoms with Gasteiger partial charge >= 0.3 is 0 Å². The predicted octanol–water partition coefficient (Wildman–Crippen LogP) is 2.21. The minimum Gasteiger partial charge on any atom is -0.398 e. The van der Waals surface area contributed by atoms with E-state index in [9.17, 15) is 0 Å². The number of aromatic nitrogens is 4. The number of anilines is 1. The van der Waals surface area contributed by atoms with Crippen molar-refractivity contribution >= 4 is 30.5 Å². The zero-order valence-electron chi connectivity index (χ0n) is 9.39. The summed E-state index contributed by atoms with van der Waals surface area (Å²) in [5.41, 5.74) is 7.93. The van der Waals surface area contributed by atoms with Crippen LogP contribution in [-0.4, -0.2) is 20.7 Å². The van der Waals surface area contributed by atoms with Crippen molar-refractivity contribution in [2.45, 2.75) is 0 Å². The molecule has 0 bridgehead atoms. The van der Waals surface area contributed by atoms with E-state index in [-0.39, 0.29) is 24.8 Å². The lowest BCUT2D eigenvalue weighted by atomic mass is 10.1. The second kappa shape index (κ2) is 6.17. The maximum atomic E-state index is 5.86. The number of hydrogen-bond acceptors (Lipinski definition) is 7. The average Bonchev–Trinajstić information content (AvgIpc) is 3.03. The quantitative estimate of drug-likeness (QED) is 0.723. The van der Waals surface area contributed by atoms with Crippen LogP contribution in [0.4, 0.5) is 5.69 Å². The Balaban J connectivity index is 0.000000902. The molecular weight excluding hydrogens is 293 g/mol. The van der Waals surface area contributed by atoms with Crippen LogP contribution in [0.15, 0.2) is 39.6 Å². The number of halogens is 2. The van der Waals surface area contributed by atoms with Crippen LogP contribution < -0.4 is 5.73 Å². The number of nitrogens with zero attached hydrogens (tertiary/aromatic N) is 4. The molecule has 2 heterocycles. The minimum absolute atomic E-state index is 0. The van der Waals surface area contributed by atoms with Gasteiger partial charge in [-0.15, -0.1) is 35.0 Å². The largest absolute Gasteiger partial charge is 0.398 e. The lowest BCUT2D eigenvalue weighted by Crippen LogP contribution is -1.89. The molecule has 0 radical (unpaired) electrons. The minimum atomic E-state index is 0. The molecule has 7 nitrogen and oxygen atoms in total. The topological polar surface area (TPSA) is 104 Å². The number of nitrogens with two attached hydrogens (primary N) is 1. The van der Waals surface area contributed by atoms with Gasteiger partial charge in [0.25, 0.3) is 0 Å². The van der Waals surface area contributed by atoms with Gasteiger partial charge in [-0.2, -0.15) is 0 Å². The molecule has 0 aliphatic rings. The molecule has 0 saturated heterocycles. The first kappa shape index (κ1) is 14.9. The lowest BCUT2D eigenvalue weighted by Gasteiger charge is -2.02. The third-order valence-corrected chi connectivity index (χ3v) is 2.33. The highest BCUT2D eigenvalue weighted by Crippen LogP contribution is 2.30. The van der Waals surface area contributed by atoms with Crippen LogP contribution in [0, 0.1) is 0 Å². The van der Waals surface area contributed by atoms with E-state index in [0.29, 0.717) is 22.8 Å². The van der Waals surface area contributed by atoms with Gasteiger partial charge < -0.3 is 14.8 Å². The molecule has 0 spiro atoms. The Morgan fingerprint density at radius 3 is 2.11 bits per heavy atom. The third-order valence-electron chi connectivity index (χ3n) is 2.33. The van der Waals surface area contributed by atoms with Crippen molar-refractivity contribution < 1.29 is 9.05 Å². The highest BCUT2D eigenvalue weighted by Gasteiger charge is 2.11. The highest BCUT2D eigenvalue weighted by molar-refractivity contribution is 5.85. The van der Waals surface area contributed by atoms with E-state index in [0.717, 1.165) is 5.56 Å². The summed E-state index contributed by atoms with van der Waals surface area (Å²) in [6.45, 7) is 0. The molecule has 2 aromatic heterocycles. The maximum Gasteiger partial charge on any atom is 0.189 e. The number of rotatable bonds is 2. The molecule has 0 saturated carbocycles. The van der Waals surface area contributed by atoms with Crippen LogP contribution >= 0.6 is 24.8 Å². The highest BCUT2D eigenvalue weighted by atomic mass is 35.5. The van der Waals surface area contributed by atoms with E-state index >= 15 is 0 Å². The van der Waals surface area contributed by atoms with E-state index < -0.39 is 0 Å². The van der Waals surface area contributed by atoms with Crippen LogP contribution in [0.2, 0.25) is 0 Å². The molecule has 0 aliphatic heterocycles. The van der Waals surface area contributed by atoms with Crippen molar-refractivity contribution in [3.8, 4) is 22.6 Å². The van der Waals surface area contributed by atoms with Gasteiger partial charge in [-0.3, -0.25) is 0 Å². The van der Waals surface area contributed by atoms with Gasteiger partial charge in [0.05, 0.1) is 12.4 Å². The van der Waals surface area contributed by atoms with E-state index in [1.54, 1.807) is 12.1 Å². The van der Waals surface area contributed by atoms with Gasteiger partial charge in [0.2, 0.25) is 0 Å². The van der Waals surface area contributed by atoms with Gasteiger partial charge in [0, 0.05) is 27.4 Å². The standard InChI is InChI=1S/C10H7N5O2.2ClH/c11-8-2-1-6(9-4-12-14-16-9)3-7(8)10-5-13-15-17-10;;/h1-5H,11H2;2*1H. The normalized spacial score (nSPS) is 9.47. The summed E-state index contributed by atoms with van der Waals surface area (Å²) in [6, 6.07) is 5.36. The second-order valence-electron chi connectivity index (χ2n) is 3.37. The smallest absolute Gasteiger partial charge is 0.189 e. The molecule has 2 N–H and O–H groups in total. The first-order chi connectivity index (χ1) is 8.34. The second-order valence-corrected chi connectivity index (χ2v) is 3.37. The summed E-state index contributed by atoms with van der Waals surface area (Å²) in [7, 11) is 0. The Labute approximate surface area is 119 Å². The van der Waals surface area contributed by atoms with Crippen molar-refractivity contribution in [3.05, 3.63) is 30.6 Å². The molecule has 3 aromatic rings. The van der Waals surface area contributed by atoms with E-state index in [1.165, 1.54) is 12.4 Å².